The maximum absolute atomic E-state index is 2.71. The van der Waals surface area contributed by atoms with Crippen LogP contribution >= 0.6 is 0 Å². The van der Waals surface area contributed by atoms with E-state index in [2.05, 4.69) is 141 Å². The fourth-order valence-electron chi connectivity index (χ4n) is 8.53. The van der Waals surface area contributed by atoms with E-state index in [0.29, 0.717) is 7.25 Å². The molecule has 0 aromatic heterocycles. The second kappa shape index (κ2) is 13.5. The first-order chi connectivity index (χ1) is 22.1. The Morgan fingerprint density at radius 2 is 0.935 bits per heavy atom. The Labute approximate surface area is 288 Å². The molecule has 0 fully saturated rings. The molecule has 2 aliphatic rings. The van der Waals surface area contributed by atoms with Crippen LogP contribution in [0.3, 0.4) is 0 Å². The second-order valence-corrected chi connectivity index (χ2v) is 34.5. The van der Waals surface area contributed by atoms with E-state index in [1.807, 2.05) is 0 Å². The van der Waals surface area contributed by atoms with Gasteiger partial charge in [-0.2, -0.15) is 0 Å². The fourth-order valence-corrected chi connectivity index (χ4v) is 31.4. The molecule has 0 saturated carbocycles. The standard InChI is InChI=1S/2C21H23.C2H7Si.Zr/c2*1-5-7-17-12-18-8-6-9-20(21(18)13-17)19-11-10-14(2)15(3)16(19)4;1-3-2;/h2*6,8-13H,5,7H2,1-4H3;3H,1-2H3;. The Morgan fingerprint density at radius 1 is 0.522 bits per heavy atom. The Kier molecular flexibility index (Phi) is 9.81. The van der Waals surface area contributed by atoms with Gasteiger partial charge in [0.1, 0.15) is 0 Å². The summed E-state index contributed by atoms with van der Waals surface area (Å²) in [7, 11) is 0. The quantitative estimate of drug-likeness (QED) is 0.153. The molecule has 2 atom stereocenters. The molecule has 0 radical (unpaired) electrons. The molecule has 0 bridgehead atoms. The summed E-state index contributed by atoms with van der Waals surface area (Å²) < 4.78 is 1.36. The van der Waals surface area contributed by atoms with Crippen molar-refractivity contribution >= 4 is 18.1 Å². The molecule has 2 aliphatic carbocycles. The van der Waals surface area contributed by atoms with Crippen LogP contribution in [-0.4, -0.2) is 5.92 Å². The van der Waals surface area contributed by atoms with Crippen molar-refractivity contribution in [3.8, 4) is 22.3 Å². The fraction of sp³-hybridized carbons (Fsp3) is 0.364. The van der Waals surface area contributed by atoms with Crippen LogP contribution in [-0.2, 0) is 20.9 Å². The third-order valence-electron chi connectivity index (χ3n) is 11.4. The van der Waals surface area contributed by atoms with Gasteiger partial charge in [0.15, 0.2) is 0 Å². The monoisotopic (exact) mass is 699 g/mol. The topological polar surface area (TPSA) is 0 Å². The summed E-state index contributed by atoms with van der Waals surface area (Å²) in [6.45, 7) is 23.9. The Balaban J connectivity index is 1.53. The SMILES string of the molecule is CCCC1=Cc2c(-c3ccc(C)c(C)c3C)cccc2[CH]1[Zr]([CH]1C(CCC)=Cc2c(-c3ccc(C)c(C)c3C)cccc21)[SiH](C)C. The van der Waals surface area contributed by atoms with Crippen molar-refractivity contribution < 1.29 is 20.9 Å². The molecule has 0 spiro atoms. The molecule has 0 saturated heterocycles. The van der Waals surface area contributed by atoms with Gasteiger partial charge in [0, 0.05) is 0 Å². The van der Waals surface area contributed by atoms with Crippen molar-refractivity contribution in [1.82, 2.24) is 0 Å². The predicted molar refractivity (Wildman–Crippen MR) is 202 cm³/mol. The molecule has 46 heavy (non-hydrogen) atoms. The van der Waals surface area contributed by atoms with E-state index in [0.717, 1.165) is 0 Å². The first-order valence-electron chi connectivity index (χ1n) is 17.8. The summed E-state index contributed by atoms with van der Waals surface area (Å²) in [6, 6.07) is 24.1. The molecule has 0 aliphatic heterocycles. The number of hydrogen-bond donors (Lipinski definition) is 0. The van der Waals surface area contributed by atoms with Crippen molar-refractivity contribution in [2.24, 2.45) is 0 Å². The summed E-state index contributed by atoms with van der Waals surface area (Å²) >= 11 is -2.18. The van der Waals surface area contributed by atoms with Gasteiger partial charge >= 0.3 is 290 Å². The Morgan fingerprint density at radius 3 is 1.30 bits per heavy atom. The van der Waals surface area contributed by atoms with E-state index in [4.69, 9.17) is 0 Å². The van der Waals surface area contributed by atoms with E-state index >= 15 is 0 Å². The average molecular weight is 701 g/mol. The van der Waals surface area contributed by atoms with Crippen LogP contribution in [0.5, 0.6) is 0 Å². The van der Waals surface area contributed by atoms with Gasteiger partial charge in [-0.15, -0.1) is 0 Å². The van der Waals surface area contributed by atoms with Crippen molar-refractivity contribution in [1.29, 1.82) is 0 Å². The Bertz CT molecular complexity index is 1740. The second-order valence-electron chi connectivity index (χ2n) is 14.4. The van der Waals surface area contributed by atoms with E-state index < -0.39 is 26.8 Å². The zero-order chi connectivity index (χ0) is 32.9. The molecule has 6 rings (SSSR count). The zero-order valence-corrected chi connectivity index (χ0v) is 33.6. The third-order valence-corrected chi connectivity index (χ3v) is 33.1. The van der Waals surface area contributed by atoms with Gasteiger partial charge in [0.25, 0.3) is 0 Å². The van der Waals surface area contributed by atoms with Gasteiger partial charge in [-0.25, -0.2) is 0 Å². The molecule has 0 nitrogen and oxygen atoms in total. The molecule has 0 N–H and O–H groups in total. The van der Waals surface area contributed by atoms with Crippen molar-refractivity contribution in [3.63, 3.8) is 0 Å². The van der Waals surface area contributed by atoms with E-state index in [1.165, 1.54) is 92.4 Å². The van der Waals surface area contributed by atoms with Gasteiger partial charge < -0.3 is 0 Å². The predicted octanol–water partition coefficient (Wildman–Crippen LogP) is 12.6. The van der Waals surface area contributed by atoms with Gasteiger partial charge in [0.2, 0.25) is 0 Å². The molecule has 0 amide bonds. The van der Waals surface area contributed by atoms with Gasteiger partial charge in [-0.1, -0.05) is 0 Å². The Hall–Kier alpha value is -2.54. The van der Waals surface area contributed by atoms with Crippen molar-refractivity contribution in [2.75, 3.05) is 0 Å². The van der Waals surface area contributed by atoms with Crippen molar-refractivity contribution in [2.45, 2.75) is 101 Å². The molecule has 0 heterocycles. The number of aryl methyl sites for hydroxylation is 2. The van der Waals surface area contributed by atoms with Crippen LogP contribution in [0.2, 0.25) is 13.1 Å². The molecule has 2 unspecified atom stereocenters. The van der Waals surface area contributed by atoms with Gasteiger partial charge in [-0.3, -0.25) is 0 Å². The van der Waals surface area contributed by atoms with Crippen LogP contribution < -0.4 is 0 Å². The number of fused-ring (bicyclic) bond motifs is 2. The summed E-state index contributed by atoms with van der Waals surface area (Å²) in [4.78, 5) is 0. The van der Waals surface area contributed by atoms with Crippen LogP contribution in [0.1, 0.15) is 102 Å². The van der Waals surface area contributed by atoms with Gasteiger partial charge in [0.05, 0.1) is 0 Å². The summed E-state index contributed by atoms with van der Waals surface area (Å²) in [5.41, 5.74) is 24.2. The minimum absolute atomic E-state index is 0.680. The van der Waals surface area contributed by atoms with Crippen molar-refractivity contribution in [3.05, 3.63) is 127 Å². The molecule has 2 heteroatoms. The van der Waals surface area contributed by atoms with Crippen LogP contribution in [0.15, 0.2) is 71.8 Å². The molecule has 4 aromatic rings. The average Bonchev–Trinajstić information content (AvgIpc) is 3.58. The minimum atomic E-state index is -2.18. The number of benzene rings is 4. The molecular formula is C44H53SiZr. The molecule has 4 aromatic carbocycles. The normalized spacial score (nSPS) is 16.8. The molecule has 237 valence electrons. The van der Waals surface area contributed by atoms with E-state index in [9.17, 15) is 0 Å². The van der Waals surface area contributed by atoms with Crippen LogP contribution in [0.25, 0.3) is 34.4 Å². The summed E-state index contributed by atoms with van der Waals surface area (Å²) in [5, 5.41) is 0. The zero-order valence-electron chi connectivity index (χ0n) is 30.0. The molecular weight excluding hydrogens is 648 g/mol. The number of hydrogen-bond acceptors (Lipinski definition) is 0. The summed E-state index contributed by atoms with van der Waals surface area (Å²) in [5.74, 6) is -0.950. The van der Waals surface area contributed by atoms with E-state index in [-0.39, 0.29) is 0 Å². The van der Waals surface area contributed by atoms with Gasteiger partial charge in [-0.05, 0) is 0 Å². The number of allylic oxidation sites excluding steroid dienone is 2. The first kappa shape index (κ1) is 33.4. The summed E-state index contributed by atoms with van der Waals surface area (Å²) in [6.07, 6.45) is 10.3. The first-order valence-corrected chi connectivity index (χ1v) is 27.7. The van der Waals surface area contributed by atoms with Crippen LogP contribution in [0, 0.1) is 41.5 Å². The number of rotatable bonds is 9. The van der Waals surface area contributed by atoms with E-state index in [1.54, 1.807) is 22.3 Å². The van der Waals surface area contributed by atoms with Crippen LogP contribution in [0.4, 0.5) is 0 Å². The third kappa shape index (κ3) is 5.66. The maximum atomic E-state index is 2.71.